The van der Waals surface area contributed by atoms with Crippen LogP contribution in [0, 0.1) is 6.92 Å². The van der Waals surface area contributed by atoms with Gasteiger partial charge in [-0.15, -0.1) is 11.3 Å². The van der Waals surface area contributed by atoms with Gasteiger partial charge in [0.05, 0.1) is 15.6 Å². The predicted octanol–water partition coefficient (Wildman–Crippen LogP) is 5.00. The Morgan fingerprint density at radius 1 is 1.17 bits per heavy atom. The Morgan fingerprint density at radius 2 is 2.00 bits per heavy atom. The van der Waals surface area contributed by atoms with E-state index in [1.54, 1.807) is 30.6 Å². The molecule has 0 unspecified atom stereocenters. The molecular formula is C17H13Cl2N3OS. The molecule has 0 saturated carbocycles. The molecule has 0 atom stereocenters. The van der Waals surface area contributed by atoms with Gasteiger partial charge < -0.3 is 0 Å². The number of anilines is 1. The molecule has 0 fully saturated rings. The lowest BCUT2D eigenvalue weighted by Crippen LogP contribution is -2.11. The highest BCUT2D eigenvalue weighted by Crippen LogP contribution is 2.29. The van der Waals surface area contributed by atoms with E-state index in [1.807, 2.05) is 19.1 Å². The monoisotopic (exact) mass is 377 g/mol. The van der Waals surface area contributed by atoms with E-state index < -0.39 is 0 Å². The van der Waals surface area contributed by atoms with Crippen molar-refractivity contribution in [1.29, 1.82) is 0 Å². The molecular weight excluding hydrogens is 365 g/mol. The molecule has 0 spiro atoms. The van der Waals surface area contributed by atoms with E-state index in [2.05, 4.69) is 15.3 Å². The zero-order valence-corrected chi connectivity index (χ0v) is 15.0. The van der Waals surface area contributed by atoms with E-state index in [0.717, 1.165) is 16.1 Å². The second kappa shape index (κ2) is 7.30. The Labute approximate surface area is 153 Å². The van der Waals surface area contributed by atoms with Gasteiger partial charge in [-0.2, -0.15) is 0 Å². The number of thiazole rings is 1. The number of nitrogens with one attached hydrogen (secondary N) is 1. The zero-order chi connectivity index (χ0) is 17.1. The van der Waals surface area contributed by atoms with Gasteiger partial charge in [0.15, 0.2) is 5.13 Å². The summed E-state index contributed by atoms with van der Waals surface area (Å²) in [5, 5.41) is 4.39. The SMILES string of the molecule is Cc1ccc(C(=O)Nc2ncc(Cc3cccc(Cl)c3Cl)s2)cn1. The Balaban J connectivity index is 1.70. The maximum absolute atomic E-state index is 12.2. The standard InChI is InChI=1S/C17H13Cl2N3OS/c1-10-5-6-12(8-20-10)16(23)22-17-21-9-13(24-17)7-11-3-2-4-14(18)15(11)19/h2-6,8-9H,7H2,1H3,(H,21,22,23). The van der Waals surface area contributed by atoms with Gasteiger partial charge in [0.2, 0.25) is 0 Å². The van der Waals surface area contributed by atoms with Crippen molar-refractivity contribution in [3.63, 3.8) is 0 Å². The second-order valence-corrected chi connectivity index (χ2v) is 7.06. The third-order valence-corrected chi connectivity index (χ3v) is 5.11. The molecule has 4 nitrogen and oxygen atoms in total. The van der Waals surface area contributed by atoms with Crippen LogP contribution in [-0.2, 0) is 6.42 Å². The number of amides is 1. The van der Waals surface area contributed by atoms with Gasteiger partial charge in [0, 0.05) is 29.4 Å². The summed E-state index contributed by atoms with van der Waals surface area (Å²) >= 11 is 13.6. The van der Waals surface area contributed by atoms with Crippen LogP contribution >= 0.6 is 34.5 Å². The summed E-state index contributed by atoms with van der Waals surface area (Å²) in [5.41, 5.74) is 2.28. The Morgan fingerprint density at radius 3 is 2.75 bits per heavy atom. The van der Waals surface area contributed by atoms with Crippen molar-refractivity contribution in [3.8, 4) is 0 Å². The summed E-state index contributed by atoms with van der Waals surface area (Å²) < 4.78 is 0. The Bertz CT molecular complexity index is 878. The molecule has 0 aliphatic rings. The van der Waals surface area contributed by atoms with Gasteiger partial charge in [-0.3, -0.25) is 15.1 Å². The minimum absolute atomic E-state index is 0.232. The lowest BCUT2D eigenvalue weighted by molar-refractivity contribution is 0.102. The molecule has 1 aromatic carbocycles. The predicted molar refractivity (Wildman–Crippen MR) is 98.3 cm³/mol. The molecule has 7 heteroatoms. The number of benzene rings is 1. The highest BCUT2D eigenvalue weighted by molar-refractivity contribution is 7.15. The van der Waals surface area contributed by atoms with Crippen LogP contribution in [0.5, 0.6) is 0 Å². The molecule has 2 heterocycles. The van der Waals surface area contributed by atoms with Crippen LogP contribution in [0.3, 0.4) is 0 Å². The molecule has 0 bridgehead atoms. The zero-order valence-electron chi connectivity index (χ0n) is 12.7. The van der Waals surface area contributed by atoms with Crippen LogP contribution in [0.1, 0.15) is 26.5 Å². The molecule has 1 amide bonds. The van der Waals surface area contributed by atoms with Crippen LogP contribution in [0.2, 0.25) is 10.0 Å². The van der Waals surface area contributed by atoms with Crippen LogP contribution < -0.4 is 5.32 Å². The van der Waals surface area contributed by atoms with Gasteiger partial charge in [0.1, 0.15) is 0 Å². The van der Waals surface area contributed by atoms with E-state index in [4.69, 9.17) is 23.2 Å². The number of pyridine rings is 1. The number of hydrogen-bond donors (Lipinski definition) is 1. The number of aromatic nitrogens is 2. The Hall–Kier alpha value is -1.95. The van der Waals surface area contributed by atoms with Crippen molar-refractivity contribution in [2.24, 2.45) is 0 Å². The fourth-order valence-electron chi connectivity index (χ4n) is 2.09. The summed E-state index contributed by atoms with van der Waals surface area (Å²) in [7, 11) is 0. The fourth-order valence-corrected chi connectivity index (χ4v) is 3.31. The molecule has 122 valence electrons. The molecule has 0 aliphatic carbocycles. The third-order valence-electron chi connectivity index (χ3n) is 3.34. The van der Waals surface area contributed by atoms with Crippen LogP contribution in [-0.4, -0.2) is 15.9 Å². The lowest BCUT2D eigenvalue weighted by Gasteiger charge is -2.03. The maximum Gasteiger partial charge on any atom is 0.259 e. The topological polar surface area (TPSA) is 54.9 Å². The number of hydrogen-bond acceptors (Lipinski definition) is 4. The highest BCUT2D eigenvalue weighted by atomic mass is 35.5. The molecule has 3 aromatic rings. The average Bonchev–Trinajstić information content (AvgIpc) is 2.99. The maximum atomic E-state index is 12.2. The van der Waals surface area contributed by atoms with Crippen molar-refractivity contribution in [2.75, 3.05) is 5.32 Å². The highest BCUT2D eigenvalue weighted by Gasteiger charge is 2.11. The van der Waals surface area contributed by atoms with Crippen molar-refractivity contribution in [2.45, 2.75) is 13.3 Å². The average molecular weight is 378 g/mol. The fraction of sp³-hybridized carbons (Fsp3) is 0.118. The number of nitrogens with zero attached hydrogens (tertiary/aromatic N) is 2. The molecule has 2 aromatic heterocycles. The first kappa shape index (κ1) is 16.9. The van der Waals surface area contributed by atoms with E-state index in [-0.39, 0.29) is 5.91 Å². The number of carbonyl (C=O) groups is 1. The number of rotatable bonds is 4. The number of carbonyl (C=O) groups excluding carboxylic acids is 1. The van der Waals surface area contributed by atoms with Gasteiger partial charge in [-0.05, 0) is 30.7 Å². The summed E-state index contributed by atoms with van der Waals surface area (Å²) in [5.74, 6) is -0.232. The number of halogens is 2. The first-order valence-electron chi connectivity index (χ1n) is 7.14. The Kier molecular flexibility index (Phi) is 5.14. The molecule has 0 saturated heterocycles. The minimum atomic E-state index is -0.232. The summed E-state index contributed by atoms with van der Waals surface area (Å²) in [6.07, 6.45) is 3.88. The molecule has 0 radical (unpaired) electrons. The summed E-state index contributed by atoms with van der Waals surface area (Å²) in [6.45, 7) is 1.87. The summed E-state index contributed by atoms with van der Waals surface area (Å²) in [6, 6.07) is 9.06. The summed E-state index contributed by atoms with van der Waals surface area (Å²) in [4.78, 5) is 21.5. The third kappa shape index (κ3) is 3.93. The smallest absolute Gasteiger partial charge is 0.259 e. The van der Waals surface area contributed by atoms with Crippen LogP contribution in [0.15, 0.2) is 42.7 Å². The van der Waals surface area contributed by atoms with Gasteiger partial charge in [-0.1, -0.05) is 35.3 Å². The van der Waals surface area contributed by atoms with Crippen molar-refractivity contribution >= 4 is 45.6 Å². The van der Waals surface area contributed by atoms with Gasteiger partial charge in [-0.25, -0.2) is 4.98 Å². The van der Waals surface area contributed by atoms with Crippen molar-refractivity contribution in [3.05, 3.63) is 74.5 Å². The minimum Gasteiger partial charge on any atom is -0.298 e. The number of aryl methyl sites for hydroxylation is 1. The normalized spacial score (nSPS) is 10.6. The van der Waals surface area contributed by atoms with Crippen LogP contribution in [0.4, 0.5) is 5.13 Å². The van der Waals surface area contributed by atoms with Crippen molar-refractivity contribution in [1.82, 2.24) is 9.97 Å². The molecule has 3 rings (SSSR count). The van der Waals surface area contributed by atoms with E-state index >= 15 is 0 Å². The lowest BCUT2D eigenvalue weighted by atomic mass is 10.1. The molecule has 24 heavy (non-hydrogen) atoms. The second-order valence-electron chi connectivity index (χ2n) is 5.16. The first-order chi connectivity index (χ1) is 11.5. The van der Waals surface area contributed by atoms with Crippen molar-refractivity contribution < 1.29 is 4.79 Å². The van der Waals surface area contributed by atoms with Crippen LogP contribution in [0.25, 0.3) is 0 Å². The largest absolute Gasteiger partial charge is 0.298 e. The van der Waals surface area contributed by atoms with E-state index in [0.29, 0.717) is 27.2 Å². The van der Waals surface area contributed by atoms with E-state index in [1.165, 1.54) is 11.3 Å². The first-order valence-corrected chi connectivity index (χ1v) is 8.72. The van der Waals surface area contributed by atoms with Gasteiger partial charge >= 0.3 is 0 Å². The quantitative estimate of drug-likeness (QED) is 0.695. The molecule has 0 aliphatic heterocycles. The van der Waals surface area contributed by atoms with E-state index in [9.17, 15) is 4.79 Å². The van der Waals surface area contributed by atoms with Gasteiger partial charge in [0.25, 0.3) is 5.91 Å². The molecule has 1 N–H and O–H groups in total.